The monoisotopic (exact) mass is 299 g/mol. The van der Waals surface area contributed by atoms with E-state index in [9.17, 15) is 4.79 Å². The molecule has 0 spiro atoms. The number of halogens is 1. The van der Waals surface area contributed by atoms with Crippen molar-refractivity contribution in [2.75, 3.05) is 6.54 Å². The molecule has 1 aliphatic heterocycles. The zero-order valence-electron chi connectivity index (χ0n) is 12.1. The number of nitrogens with zero attached hydrogens (tertiary/aromatic N) is 3. The van der Waals surface area contributed by atoms with E-state index in [4.69, 9.17) is 16.7 Å². The van der Waals surface area contributed by atoms with E-state index in [0.717, 1.165) is 48.6 Å². The van der Waals surface area contributed by atoms with Gasteiger partial charge in [-0.05, 0) is 25.8 Å². The lowest BCUT2D eigenvalue weighted by molar-refractivity contribution is -0.138. The van der Waals surface area contributed by atoms with Crippen LogP contribution in [0.25, 0.3) is 0 Å². The van der Waals surface area contributed by atoms with Gasteiger partial charge in [-0.15, -0.1) is 0 Å². The molecule has 112 valence electrons. The van der Waals surface area contributed by atoms with Crippen molar-refractivity contribution in [2.24, 2.45) is 7.05 Å². The quantitative estimate of drug-likeness (QED) is 0.907. The van der Waals surface area contributed by atoms with Crippen molar-refractivity contribution in [3.05, 3.63) is 16.4 Å². The molecule has 0 amide bonds. The fourth-order valence-electron chi connectivity index (χ4n) is 2.88. The first-order valence-electron chi connectivity index (χ1n) is 7.19. The largest absolute Gasteiger partial charge is 0.481 e. The minimum Gasteiger partial charge on any atom is -0.481 e. The summed E-state index contributed by atoms with van der Waals surface area (Å²) in [4.78, 5) is 13.2. The van der Waals surface area contributed by atoms with Gasteiger partial charge in [0.1, 0.15) is 0 Å². The molecule has 1 aromatic heterocycles. The zero-order valence-corrected chi connectivity index (χ0v) is 12.9. The van der Waals surface area contributed by atoms with Gasteiger partial charge in [-0.3, -0.25) is 14.4 Å². The van der Waals surface area contributed by atoms with Crippen molar-refractivity contribution in [3.8, 4) is 0 Å². The minimum atomic E-state index is -0.729. The van der Waals surface area contributed by atoms with Gasteiger partial charge in [-0.1, -0.05) is 24.9 Å². The van der Waals surface area contributed by atoms with Gasteiger partial charge in [-0.25, -0.2) is 0 Å². The fourth-order valence-corrected chi connectivity index (χ4v) is 3.24. The van der Waals surface area contributed by atoms with Gasteiger partial charge in [0, 0.05) is 19.6 Å². The summed E-state index contributed by atoms with van der Waals surface area (Å²) >= 11 is 6.38. The highest BCUT2D eigenvalue weighted by atomic mass is 35.5. The Hall–Kier alpha value is -1.07. The second kappa shape index (κ2) is 6.59. The molecule has 1 aromatic rings. The Morgan fingerprint density at radius 3 is 2.85 bits per heavy atom. The Bertz CT molecular complexity index is 487. The maximum atomic E-state index is 11.0. The van der Waals surface area contributed by atoms with Crippen molar-refractivity contribution < 1.29 is 9.90 Å². The van der Waals surface area contributed by atoms with E-state index >= 15 is 0 Å². The molecular formula is C14H22ClN3O2. The molecule has 1 unspecified atom stereocenters. The van der Waals surface area contributed by atoms with Crippen molar-refractivity contribution in [1.82, 2.24) is 14.7 Å². The van der Waals surface area contributed by atoms with Crippen molar-refractivity contribution in [1.29, 1.82) is 0 Å². The van der Waals surface area contributed by atoms with E-state index in [1.54, 1.807) is 0 Å². The maximum Gasteiger partial charge on any atom is 0.304 e. The highest BCUT2D eigenvalue weighted by Crippen LogP contribution is 2.26. The third kappa shape index (κ3) is 3.33. The molecule has 2 heterocycles. The Morgan fingerprint density at radius 1 is 1.50 bits per heavy atom. The summed E-state index contributed by atoms with van der Waals surface area (Å²) in [5, 5.41) is 14.2. The topological polar surface area (TPSA) is 58.4 Å². The number of aromatic nitrogens is 2. The maximum absolute atomic E-state index is 11.0. The fraction of sp³-hybridized carbons (Fsp3) is 0.714. The molecule has 1 fully saturated rings. The summed E-state index contributed by atoms with van der Waals surface area (Å²) in [5.41, 5.74) is 1.90. The van der Waals surface area contributed by atoms with Crippen LogP contribution in [0.5, 0.6) is 0 Å². The molecule has 6 heteroatoms. The molecular weight excluding hydrogens is 278 g/mol. The molecule has 0 radical (unpaired) electrons. The normalized spacial score (nSPS) is 20.2. The third-order valence-corrected chi connectivity index (χ3v) is 4.45. The van der Waals surface area contributed by atoms with Crippen LogP contribution in [0.3, 0.4) is 0 Å². The van der Waals surface area contributed by atoms with E-state index in [-0.39, 0.29) is 12.5 Å². The van der Waals surface area contributed by atoms with E-state index in [1.807, 2.05) is 18.7 Å². The molecule has 0 saturated carbocycles. The number of aryl methyl sites for hydroxylation is 2. The van der Waals surface area contributed by atoms with Gasteiger partial charge in [0.2, 0.25) is 0 Å². The number of aliphatic carboxylic acids is 1. The number of carboxylic acid groups (broad SMARTS) is 1. The van der Waals surface area contributed by atoms with Crippen LogP contribution in [0.4, 0.5) is 0 Å². The van der Waals surface area contributed by atoms with Crippen LogP contribution in [-0.4, -0.2) is 38.3 Å². The van der Waals surface area contributed by atoms with E-state index in [2.05, 4.69) is 10.00 Å². The van der Waals surface area contributed by atoms with Gasteiger partial charge in [0.15, 0.2) is 0 Å². The Labute approximate surface area is 124 Å². The standard InChI is InChI=1S/C14H22ClN3O2/c1-3-11-14(15)12(17(2)16-11)9-18-7-5-4-6-10(18)8-13(19)20/h10H,3-9H2,1-2H3,(H,19,20). The summed E-state index contributed by atoms with van der Waals surface area (Å²) in [6.45, 7) is 3.65. The Balaban J connectivity index is 2.14. The Kier molecular flexibility index (Phi) is 5.05. The number of hydrogen-bond donors (Lipinski definition) is 1. The van der Waals surface area contributed by atoms with Crippen molar-refractivity contribution >= 4 is 17.6 Å². The Morgan fingerprint density at radius 2 is 2.25 bits per heavy atom. The molecule has 1 atom stereocenters. The second-order valence-corrected chi connectivity index (χ2v) is 5.78. The molecule has 1 N–H and O–H groups in total. The van der Waals surface area contributed by atoms with Crippen LogP contribution in [0.1, 0.15) is 44.0 Å². The molecule has 20 heavy (non-hydrogen) atoms. The summed E-state index contributed by atoms with van der Waals surface area (Å²) in [6.07, 6.45) is 4.18. The smallest absolute Gasteiger partial charge is 0.304 e. The van der Waals surface area contributed by atoms with Crippen LogP contribution in [0.2, 0.25) is 5.02 Å². The average Bonchev–Trinajstić information content (AvgIpc) is 2.67. The summed E-state index contributed by atoms with van der Waals surface area (Å²) in [5.74, 6) is -0.729. The van der Waals surface area contributed by atoms with Crippen LogP contribution < -0.4 is 0 Å². The number of carboxylic acids is 1. The summed E-state index contributed by atoms with van der Waals surface area (Å²) in [6, 6.07) is 0.109. The predicted octanol–water partition coefficient (Wildman–Crippen LogP) is 2.47. The molecule has 1 aliphatic rings. The third-order valence-electron chi connectivity index (χ3n) is 4.02. The number of rotatable bonds is 5. The zero-order chi connectivity index (χ0) is 14.7. The predicted molar refractivity (Wildman–Crippen MR) is 77.9 cm³/mol. The average molecular weight is 300 g/mol. The summed E-state index contributed by atoms with van der Waals surface area (Å²) < 4.78 is 1.83. The first kappa shape index (κ1) is 15.3. The minimum absolute atomic E-state index is 0.109. The first-order valence-corrected chi connectivity index (χ1v) is 7.56. The second-order valence-electron chi connectivity index (χ2n) is 5.40. The van der Waals surface area contributed by atoms with Gasteiger partial charge in [0.25, 0.3) is 0 Å². The molecule has 0 aliphatic carbocycles. The SMILES string of the molecule is CCc1nn(C)c(CN2CCCCC2CC(=O)O)c1Cl. The van der Waals surface area contributed by atoms with Crippen molar-refractivity contribution in [3.63, 3.8) is 0 Å². The highest BCUT2D eigenvalue weighted by Gasteiger charge is 2.26. The van der Waals surface area contributed by atoms with Crippen LogP contribution in [0, 0.1) is 0 Å². The van der Waals surface area contributed by atoms with Gasteiger partial charge < -0.3 is 5.11 Å². The molecule has 5 nitrogen and oxygen atoms in total. The molecule has 1 saturated heterocycles. The molecule has 2 rings (SSSR count). The number of likely N-dealkylation sites (tertiary alicyclic amines) is 1. The number of hydrogen-bond acceptors (Lipinski definition) is 3. The van der Waals surface area contributed by atoms with Crippen molar-refractivity contribution in [2.45, 2.75) is 51.6 Å². The van der Waals surface area contributed by atoms with Gasteiger partial charge in [-0.2, -0.15) is 5.10 Å². The number of piperidine rings is 1. The van der Waals surface area contributed by atoms with Crippen LogP contribution in [0.15, 0.2) is 0 Å². The van der Waals surface area contributed by atoms with E-state index in [0.29, 0.717) is 6.54 Å². The van der Waals surface area contributed by atoms with E-state index < -0.39 is 5.97 Å². The van der Waals surface area contributed by atoms with Gasteiger partial charge >= 0.3 is 5.97 Å². The molecule has 0 bridgehead atoms. The lowest BCUT2D eigenvalue weighted by atomic mass is 9.99. The number of carbonyl (C=O) groups is 1. The highest BCUT2D eigenvalue weighted by molar-refractivity contribution is 6.31. The van der Waals surface area contributed by atoms with Crippen LogP contribution >= 0.6 is 11.6 Å². The lowest BCUT2D eigenvalue weighted by Crippen LogP contribution is -2.40. The van der Waals surface area contributed by atoms with Gasteiger partial charge in [0.05, 0.1) is 22.8 Å². The first-order chi connectivity index (χ1) is 9.52. The summed E-state index contributed by atoms with van der Waals surface area (Å²) in [7, 11) is 1.90. The van der Waals surface area contributed by atoms with Crippen LogP contribution in [-0.2, 0) is 24.8 Å². The molecule has 0 aromatic carbocycles. The van der Waals surface area contributed by atoms with E-state index in [1.165, 1.54) is 0 Å². The lowest BCUT2D eigenvalue weighted by Gasteiger charge is -2.34.